The molecule has 70 valence electrons. The molecule has 2 fully saturated rings. The van der Waals surface area contributed by atoms with Crippen molar-refractivity contribution in [1.82, 2.24) is 10.6 Å². The number of terminal acetylenes is 1. The molecule has 0 aromatic carbocycles. The van der Waals surface area contributed by atoms with Crippen LogP contribution in [0.1, 0.15) is 19.3 Å². The topological polar surface area (TPSA) is 24.1 Å². The number of hydrogen-bond acceptors (Lipinski definition) is 1. The van der Waals surface area contributed by atoms with Gasteiger partial charge in [-0.1, -0.05) is 5.92 Å². The molecule has 0 heterocycles. The van der Waals surface area contributed by atoms with Crippen molar-refractivity contribution in [1.29, 1.82) is 0 Å². The number of rotatable bonds is 3. The van der Waals surface area contributed by atoms with Crippen molar-refractivity contribution in [2.45, 2.75) is 25.3 Å². The van der Waals surface area contributed by atoms with Gasteiger partial charge in [0, 0.05) is 6.04 Å². The molecule has 0 aliphatic heterocycles. The van der Waals surface area contributed by atoms with Crippen molar-refractivity contribution >= 4 is 17.3 Å². The smallest absolute Gasteiger partial charge is 0.167 e. The molecule has 0 aromatic heterocycles. The second-order valence-corrected chi connectivity index (χ2v) is 4.28. The molecular formula is C10H14N2S. The zero-order valence-electron chi connectivity index (χ0n) is 7.55. The second kappa shape index (κ2) is 3.55. The third kappa shape index (κ3) is 2.35. The summed E-state index contributed by atoms with van der Waals surface area (Å²) < 4.78 is 0. The van der Waals surface area contributed by atoms with Gasteiger partial charge >= 0.3 is 0 Å². The molecule has 13 heavy (non-hydrogen) atoms. The molecule has 2 aliphatic rings. The molecule has 3 heteroatoms. The van der Waals surface area contributed by atoms with E-state index in [1.54, 1.807) is 0 Å². The van der Waals surface area contributed by atoms with Crippen LogP contribution in [0, 0.1) is 24.2 Å². The molecule has 0 bridgehead atoms. The average Bonchev–Trinajstić information content (AvgIpc) is 2.91. The van der Waals surface area contributed by atoms with Crippen LogP contribution in [0.4, 0.5) is 0 Å². The molecule has 2 rings (SSSR count). The summed E-state index contributed by atoms with van der Waals surface area (Å²) in [6, 6.07) is 0.630. The Bertz CT molecular complexity index is 252. The summed E-state index contributed by atoms with van der Waals surface area (Å²) in [5.74, 6) is 4.39. The molecule has 0 unspecified atom stereocenters. The van der Waals surface area contributed by atoms with E-state index in [1.807, 2.05) is 0 Å². The van der Waals surface area contributed by atoms with Crippen LogP contribution < -0.4 is 10.6 Å². The Kier molecular flexibility index (Phi) is 2.41. The van der Waals surface area contributed by atoms with Gasteiger partial charge in [0.2, 0.25) is 0 Å². The van der Waals surface area contributed by atoms with Gasteiger partial charge in [-0.15, -0.1) is 6.42 Å². The highest BCUT2D eigenvalue weighted by Crippen LogP contribution is 2.49. The molecule has 2 atom stereocenters. The summed E-state index contributed by atoms with van der Waals surface area (Å²) >= 11 is 5.08. The molecule has 2 nitrogen and oxygen atoms in total. The van der Waals surface area contributed by atoms with E-state index in [-0.39, 0.29) is 0 Å². The maximum Gasteiger partial charge on any atom is 0.167 e. The van der Waals surface area contributed by atoms with Gasteiger partial charge in [-0.05, 0) is 43.3 Å². The highest BCUT2D eigenvalue weighted by molar-refractivity contribution is 7.80. The third-order valence-corrected chi connectivity index (χ3v) is 3.00. The molecule has 0 spiro atoms. The summed E-state index contributed by atoms with van der Waals surface area (Å²) in [5, 5.41) is 6.97. The molecule has 0 amide bonds. The molecular weight excluding hydrogens is 180 g/mol. The van der Waals surface area contributed by atoms with Crippen LogP contribution in [0.3, 0.4) is 0 Å². The van der Waals surface area contributed by atoms with Gasteiger partial charge in [0.25, 0.3) is 0 Å². The minimum Gasteiger partial charge on any atom is -0.360 e. The van der Waals surface area contributed by atoms with E-state index >= 15 is 0 Å². The Morgan fingerprint density at radius 2 is 2.31 bits per heavy atom. The largest absolute Gasteiger partial charge is 0.360 e. The van der Waals surface area contributed by atoms with E-state index in [1.165, 1.54) is 19.3 Å². The fourth-order valence-corrected chi connectivity index (χ4v) is 2.00. The Balaban J connectivity index is 1.62. The fourth-order valence-electron chi connectivity index (χ4n) is 1.78. The highest BCUT2D eigenvalue weighted by atomic mass is 32.1. The van der Waals surface area contributed by atoms with Gasteiger partial charge in [0.15, 0.2) is 5.11 Å². The van der Waals surface area contributed by atoms with Gasteiger partial charge in [0.1, 0.15) is 0 Å². The Hall–Kier alpha value is -0.750. The maximum absolute atomic E-state index is 5.11. The third-order valence-electron chi connectivity index (χ3n) is 2.73. The maximum atomic E-state index is 5.11. The zero-order valence-corrected chi connectivity index (χ0v) is 8.36. The number of thiocarbonyl (C=S) groups is 1. The van der Waals surface area contributed by atoms with Crippen molar-refractivity contribution < 1.29 is 0 Å². The lowest BCUT2D eigenvalue weighted by molar-refractivity contribution is 0.659. The van der Waals surface area contributed by atoms with E-state index in [2.05, 4.69) is 16.6 Å². The molecule has 0 aromatic rings. The SMILES string of the molecule is C#CCNC(=S)N[C@@H]1C[C@H]1C1CC1. The second-order valence-electron chi connectivity index (χ2n) is 3.87. The quantitative estimate of drug-likeness (QED) is 0.515. The van der Waals surface area contributed by atoms with Crippen LogP contribution in [0.15, 0.2) is 0 Å². The van der Waals surface area contributed by atoms with Crippen molar-refractivity contribution in [2.75, 3.05) is 6.54 Å². The minimum absolute atomic E-state index is 0.520. The van der Waals surface area contributed by atoms with E-state index < -0.39 is 0 Å². The lowest BCUT2D eigenvalue weighted by Crippen LogP contribution is -2.37. The Morgan fingerprint density at radius 1 is 1.54 bits per heavy atom. The first-order chi connectivity index (χ1) is 6.31. The van der Waals surface area contributed by atoms with Gasteiger partial charge in [0.05, 0.1) is 6.54 Å². The first kappa shape index (κ1) is 8.83. The molecule has 0 radical (unpaired) electrons. The number of nitrogens with one attached hydrogen (secondary N) is 2. The zero-order chi connectivity index (χ0) is 9.26. The van der Waals surface area contributed by atoms with Crippen LogP contribution in [0.5, 0.6) is 0 Å². The molecule has 2 N–H and O–H groups in total. The first-order valence-corrected chi connectivity index (χ1v) is 5.20. The highest BCUT2D eigenvalue weighted by Gasteiger charge is 2.47. The van der Waals surface area contributed by atoms with Crippen molar-refractivity contribution in [3.05, 3.63) is 0 Å². The van der Waals surface area contributed by atoms with Crippen LogP contribution in [-0.4, -0.2) is 17.7 Å². The minimum atomic E-state index is 0.520. The average molecular weight is 194 g/mol. The van der Waals surface area contributed by atoms with Crippen molar-refractivity contribution in [3.63, 3.8) is 0 Å². The summed E-state index contributed by atoms with van der Waals surface area (Å²) in [7, 11) is 0. The monoisotopic (exact) mass is 194 g/mol. The fraction of sp³-hybridized carbons (Fsp3) is 0.700. The predicted molar refractivity (Wildman–Crippen MR) is 57.2 cm³/mol. The van der Waals surface area contributed by atoms with Gasteiger partial charge in [-0.2, -0.15) is 0 Å². The summed E-state index contributed by atoms with van der Waals surface area (Å²) in [6.07, 6.45) is 9.25. The molecule has 2 aliphatic carbocycles. The predicted octanol–water partition coefficient (Wildman–Crippen LogP) is 0.882. The summed E-state index contributed by atoms with van der Waals surface area (Å²) in [4.78, 5) is 0. The van der Waals surface area contributed by atoms with Crippen LogP contribution in [0.25, 0.3) is 0 Å². The molecule has 0 saturated heterocycles. The van der Waals surface area contributed by atoms with Crippen molar-refractivity contribution in [2.24, 2.45) is 11.8 Å². The Morgan fingerprint density at radius 3 is 2.92 bits per heavy atom. The molecule has 2 saturated carbocycles. The summed E-state index contributed by atoms with van der Waals surface area (Å²) in [5.41, 5.74) is 0. The van der Waals surface area contributed by atoms with Crippen LogP contribution in [-0.2, 0) is 0 Å². The van der Waals surface area contributed by atoms with Gasteiger partial charge in [-0.3, -0.25) is 0 Å². The van der Waals surface area contributed by atoms with Gasteiger partial charge < -0.3 is 10.6 Å². The lowest BCUT2D eigenvalue weighted by atomic mass is 10.3. The standard InChI is InChI=1S/C10H14N2S/c1-2-5-11-10(13)12-9-6-8(9)7-3-4-7/h1,7-9H,3-6H2,(H2,11,12,13)/t8-,9+/m0/s1. The number of hydrogen-bond donors (Lipinski definition) is 2. The Labute approximate surface area is 84.5 Å². The first-order valence-electron chi connectivity index (χ1n) is 4.79. The summed E-state index contributed by atoms with van der Waals surface area (Å²) in [6.45, 7) is 0.520. The van der Waals surface area contributed by atoms with Crippen LogP contribution >= 0.6 is 12.2 Å². The van der Waals surface area contributed by atoms with Crippen molar-refractivity contribution in [3.8, 4) is 12.3 Å². The van der Waals surface area contributed by atoms with E-state index in [4.69, 9.17) is 18.6 Å². The lowest BCUT2D eigenvalue weighted by Gasteiger charge is -2.07. The normalized spacial score (nSPS) is 30.4. The van der Waals surface area contributed by atoms with Gasteiger partial charge in [-0.25, -0.2) is 0 Å². The van der Waals surface area contributed by atoms with E-state index in [9.17, 15) is 0 Å². The van der Waals surface area contributed by atoms with Crippen LogP contribution in [0.2, 0.25) is 0 Å². The van der Waals surface area contributed by atoms with E-state index in [0.717, 1.165) is 11.8 Å². The van der Waals surface area contributed by atoms with E-state index in [0.29, 0.717) is 17.7 Å².